The van der Waals surface area contributed by atoms with E-state index in [1.54, 1.807) is 13.2 Å². The summed E-state index contributed by atoms with van der Waals surface area (Å²) in [5.41, 5.74) is 6.66. The predicted octanol–water partition coefficient (Wildman–Crippen LogP) is 1.88. The van der Waals surface area contributed by atoms with Crippen molar-refractivity contribution >= 4 is 20.8 Å². The molecule has 0 aliphatic heterocycles. The van der Waals surface area contributed by atoms with Crippen LogP contribution in [0.4, 0.5) is 0 Å². The van der Waals surface area contributed by atoms with Gasteiger partial charge in [0.15, 0.2) is 9.84 Å². The first-order chi connectivity index (χ1) is 9.52. The number of hydrogen-bond donors (Lipinski definition) is 1. The van der Waals surface area contributed by atoms with Crippen molar-refractivity contribution in [2.75, 3.05) is 25.2 Å². The first-order valence-corrected chi connectivity index (χ1v) is 8.27. The molecule has 20 heavy (non-hydrogen) atoms. The number of benzene rings is 1. The van der Waals surface area contributed by atoms with E-state index in [1.807, 2.05) is 24.3 Å². The van der Waals surface area contributed by atoms with Gasteiger partial charge in [-0.25, -0.2) is 8.42 Å². The highest BCUT2D eigenvalue weighted by Crippen LogP contribution is 2.23. The molecule has 1 unspecified atom stereocenters. The average molecular weight is 297 g/mol. The highest BCUT2D eigenvalue weighted by molar-refractivity contribution is 7.91. The molecule has 0 aliphatic rings. The molecule has 5 nitrogen and oxygen atoms in total. The van der Waals surface area contributed by atoms with Crippen LogP contribution in [-0.2, 0) is 14.6 Å². The fourth-order valence-corrected chi connectivity index (χ4v) is 3.48. The lowest BCUT2D eigenvalue weighted by molar-refractivity contribution is 0.199. The summed E-state index contributed by atoms with van der Waals surface area (Å²) in [6.45, 7) is 0.430. The summed E-state index contributed by atoms with van der Waals surface area (Å²) in [6.07, 6.45) is 0.478. The monoisotopic (exact) mass is 297 g/mol. The Kier molecular flexibility index (Phi) is 4.80. The molecule has 1 aromatic carbocycles. The number of hydrogen-bond acceptors (Lipinski definition) is 5. The van der Waals surface area contributed by atoms with Crippen molar-refractivity contribution in [2.24, 2.45) is 5.73 Å². The molecule has 6 heteroatoms. The van der Waals surface area contributed by atoms with Gasteiger partial charge in [0.05, 0.1) is 17.5 Å². The van der Waals surface area contributed by atoms with Gasteiger partial charge in [0.2, 0.25) is 0 Å². The number of ether oxygens (including phenoxy) is 1. The van der Waals surface area contributed by atoms with Crippen LogP contribution in [0.25, 0.3) is 11.0 Å². The van der Waals surface area contributed by atoms with Crippen molar-refractivity contribution in [2.45, 2.75) is 12.5 Å². The van der Waals surface area contributed by atoms with Gasteiger partial charge in [0, 0.05) is 19.1 Å². The van der Waals surface area contributed by atoms with E-state index in [1.165, 1.54) is 0 Å². The van der Waals surface area contributed by atoms with Gasteiger partial charge in [-0.05, 0) is 18.6 Å². The molecule has 1 aromatic heterocycles. The number of para-hydroxylation sites is 1. The fraction of sp³-hybridized carbons (Fsp3) is 0.429. The third-order valence-electron chi connectivity index (χ3n) is 3.05. The first kappa shape index (κ1) is 15.0. The second-order valence-electron chi connectivity index (χ2n) is 4.75. The maximum absolute atomic E-state index is 11.9. The van der Waals surface area contributed by atoms with Crippen molar-refractivity contribution in [3.05, 3.63) is 36.1 Å². The molecule has 0 radical (unpaired) electrons. The van der Waals surface area contributed by atoms with E-state index in [9.17, 15) is 8.42 Å². The average Bonchev–Trinajstić information content (AvgIpc) is 2.82. The zero-order chi connectivity index (χ0) is 14.6. The Bertz CT molecular complexity index is 630. The highest BCUT2D eigenvalue weighted by Gasteiger charge is 2.20. The van der Waals surface area contributed by atoms with Crippen molar-refractivity contribution in [1.82, 2.24) is 0 Å². The van der Waals surface area contributed by atoms with Gasteiger partial charge in [-0.2, -0.15) is 0 Å². The summed E-state index contributed by atoms with van der Waals surface area (Å²) in [6, 6.07) is 8.65. The Morgan fingerprint density at radius 2 is 2.10 bits per heavy atom. The Balaban J connectivity index is 2.05. The largest absolute Gasteiger partial charge is 0.459 e. The van der Waals surface area contributed by atoms with Crippen LogP contribution >= 0.6 is 0 Å². The molecular weight excluding hydrogens is 278 g/mol. The molecule has 0 bridgehead atoms. The van der Waals surface area contributed by atoms with Crippen molar-refractivity contribution in [1.29, 1.82) is 0 Å². The highest BCUT2D eigenvalue weighted by atomic mass is 32.2. The van der Waals surface area contributed by atoms with Gasteiger partial charge >= 0.3 is 0 Å². The normalized spacial score (nSPS) is 13.7. The van der Waals surface area contributed by atoms with E-state index >= 15 is 0 Å². The maximum Gasteiger partial charge on any atom is 0.152 e. The van der Waals surface area contributed by atoms with Crippen molar-refractivity contribution < 1.29 is 17.6 Å². The first-order valence-electron chi connectivity index (χ1n) is 6.45. The SMILES string of the molecule is COCCCS(=O)(=O)CC(N)c1cc2ccccc2o1. The lowest BCUT2D eigenvalue weighted by Crippen LogP contribution is -2.23. The van der Waals surface area contributed by atoms with Gasteiger partial charge in [-0.3, -0.25) is 0 Å². The standard InChI is InChI=1S/C14H19NO4S/c1-18-7-4-8-20(16,17)10-12(15)14-9-11-5-2-3-6-13(11)19-14/h2-3,5-6,9,12H,4,7-8,10,15H2,1H3. The van der Waals surface area contributed by atoms with Gasteiger partial charge in [-0.15, -0.1) is 0 Å². The Hall–Kier alpha value is -1.37. The minimum absolute atomic E-state index is 0.0781. The number of sulfone groups is 1. The quantitative estimate of drug-likeness (QED) is 0.789. The Morgan fingerprint density at radius 1 is 1.35 bits per heavy atom. The van der Waals surface area contributed by atoms with E-state index in [0.29, 0.717) is 18.8 Å². The van der Waals surface area contributed by atoms with E-state index in [4.69, 9.17) is 14.9 Å². The third-order valence-corrected chi connectivity index (χ3v) is 4.82. The van der Waals surface area contributed by atoms with Gasteiger partial charge in [0.25, 0.3) is 0 Å². The predicted molar refractivity (Wildman–Crippen MR) is 78.3 cm³/mol. The minimum atomic E-state index is -3.20. The van der Waals surface area contributed by atoms with Crippen LogP contribution in [0.15, 0.2) is 34.7 Å². The van der Waals surface area contributed by atoms with E-state index in [0.717, 1.165) is 11.0 Å². The van der Waals surface area contributed by atoms with E-state index in [2.05, 4.69) is 0 Å². The second kappa shape index (κ2) is 6.39. The lowest BCUT2D eigenvalue weighted by atomic mass is 10.2. The smallest absolute Gasteiger partial charge is 0.152 e. The topological polar surface area (TPSA) is 82.5 Å². The van der Waals surface area contributed by atoms with Crippen molar-refractivity contribution in [3.8, 4) is 0 Å². The van der Waals surface area contributed by atoms with Gasteiger partial charge in [0.1, 0.15) is 11.3 Å². The van der Waals surface area contributed by atoms with Crippen LogP contribution in [0.1, 0.15) is 18.2 Å². The number of nitrogens with two attached hydrogens (primary N) is 1. The molecule has 2 N–H and O–H groups in total. The molecule has 0 saturated carbocycles. The molecule has 0 fully saturated rings. The molecular formula is C14H19NO4S. The van der Waals surface area contributed by atoms with Crippen LogP contribution in [0, 0.1) is 0 Å². The summed E-state index contributed by atoms with van der Waals surface area (Å²) in [5, 5.41) is 0.926. The zero-order valence-electron chi connectivity index (χ0n) is 11.4. The van der Waals surface area contributed by atoms with Crippen LogP contribution in [0.3, 0.4) is 0 Å². The Morgan fingerprint density at radius 3 is 2.80 bits per heavy atom. The van der Waals surface area contributed by atoms with Crippen LogP contribution in [0.2, 0.25) is 0 Å². The minimum Gasteiger partial charge on any atom is -0.459 e. The van der Waals surface area contributed by atoms with E-state index < -0.39 is 15.9 Å². The summed E-state index contributed by atoms with van der Waals surface area (Å²) >= 11 is 0. The molecule has 0 spiro atoms. The maximum atomic E-state index is 11.9. The lowest BCUT2D eigenvalue weighted by Gasteiger charge is -2.09. The van der Waals surface area contributed by atoms with Gasteiger partial charge in [-0.1, -0.05) is 18.2 Å². The molecule has 1 atom stereocenters. The Labute approximate surface area is 118 Å². The molecule has 0 saturated heterocycles. The summed E-state index contributed by atoms with van der Waals surface area (Å²) in [5.74, 6) is 0.465. The molecule has 2 aromatic rings. The number of rotatable bonds is 7. The summed E-state index contributed by atoms with van der Waals surface area (Å²) in [7, 11) is -1.66. The molecule has 110 valence electrons. The summed E-state index contributed by atoms with van der Waals surface area (Å²) in [4.78, 5) is 0. The molecule has 0 aliphatic carbocycles. The fourth-order valence-electron chi connectivity index (χ4n) is 2.05. The molecule has 0 amide bonds. The summed E-state index contributed by atoms with van der Waals surface area (Å²) < 4.78 is 34.3. The third kappa shape index (κ3) is 3.82. The molecule has 2 rings (SSSR count). The molecule has 1 heterocycles. The number of furan rings is 1. The second-order valence-corrected chi connectivity index (χ2v) is 6.98. The van der Waals surface area contributed by atoms with E-state index in [-0.39, 0.29) is 11.5 Å². The van der Waals surface area contributed by atoms with Gasteiger partial charge < -0.3 is 14.9 Å². The van der Waals surface area contributed by atoms with Crippen LogP contribution in [-0.4, -0.2) is 33.6 Å². The number of fused-ring (bicyclic) bond motifs is 1. The van der Waals surface area contributed by atoms with Crippen LogP contribution < -0.4 is 5.73 Å². The number of methoxy groups -OCH3 is 1. The zero-order valence-corrected chi connectivity index (χ0v) is 12.2. The van der Waals surface area contributed by atoms with Crippen molar-refractivity contribution in [3.63, 3.8) is 0 Å². The van der Waals surface area contributed by atoms with Crippen LogP contribution in [0.5, 0.6) is 0 Å².